The van der Waals surface area contributed by atoms with E-state index in [9.17, 15) is 18.3 Å². The Hall–Kier alpha value is -0.950. The molecule has 2 unspecified atom stereocenters. The summed E-state index contributed by atoms with van der Waals surface area (Å²) in [6.07, 6.45) is -4.71. The normalized spacial score (nSPS) is 24.9. The maximum atomic E-state index is 12.4. The minimum Gasteiger partial charge on any atom is -0.404 e. The molecule has 0 aromatic heterocycles. The lowest BCUT2D eigenvalue weighted by Crippen LogP contribution is -2.56. The van der Waals surface area contributed by atoms with Crippen LogP contribution in [0, 0.1) is 5.41 Å². The third kappa shape index (κ3) is 3.20. The number of aliphatic hydroxyl groups excluding tert-OH is 1. The molecule has 0 spiro atoms. The van der Waals surface area contributed by atoms with Gasteiger partial charge in [0.25, 0.3) is 0 Å². The van der Waals surface area contributed by atoms with Crippen molar-refractivity contribution in [2.24, 2.45) is 5.41 Å². The van der Waals surface area contributed by atoms with E-state index in [0.29, 0.717) is 10.9 Å². The molecule has 1 aliphatic carbocycles. The maximum absolute atomic E-state index is 12.4. The summed E-state index contributed by atoms with van der Waals surface area (Å²) in [5, 5.41) is 12.7. The number of hydrogen-bond acceptors (Lipinski definition) is 3. The first-order valence-corrected chi connectivity index (χ1v) is 6.89. The molecule has 2 N–H and O–H groups in total. The number of alkyl halides is 3. The highest BCUT2D eigenvalue weighted by Crippen LogP contribution is 2.44. The van der Waals surface area contributed by atoms with Gasteiger partial charge in [0, 0.05) is 15.9 Å². The van der Waals surface area contributed by atoms with Gasteiger partial charge in [-0.3, -0.25) is 0 Å². The Morgan fingerprint density at radius 2 is 2.05 bits per heavy atom. The molecule has 2 atom stereocenters. The zero-order chi connectivity index (χ0) is 15.1. The average molecular weight is 354 g/mol. The first kappa shape index (κ1) is 15.4. The molecular weight excluding hydrogens is 339 g/mol. The van der Waals surface area contributed by atoms with Crippen molar-refractivity contribution < 1.29 is 23.0 Å². The van der Waals surface area contributed by atoms with E-state index in [2.05, 4.69) is 26.0 Å². The molecule has 7 heteroatoms. The summed E-state index contributed by atoms with van der Waals surface area (Å²) in [6, 6.07) is 4.31. The van der Waals surface area contributed by atoms with Crippen molar-refractivity contribution in [2.75, 3.05) is 5.32 Å². The summed E-state index contributed by atoms with van der Waals surface area (Å²) < 4.78 is 41.7. The molecule has 1 aromatic carbocycles. The Morgan fingerprint density at radius 1 is 1.40 bits per heavy atom. The van der Waals surface area contributed by atoms with Crippen molar-refractivity contribution in [2.45, 2.75) is 38.8 Å². The fourth-order valence-electron chi connectivity index (χ4n) is 2.16. The van der Waals surface area contributed by atoms with Crippen molar-refractivity contribution in [3.63, 3.8) is 0 Å². The lowest BCUT2D eigenvalue weighted by Gasteiger charge is -2.50. The molecule has 0 heterocycles. The molecule has 0 bridgehead atoms. The van der Waals surface area contributed by atoms with Crippen molar-refractivity contribution in [1.82, 2.24) is 0 Å². The van der Waals surface area contributed by atoms with Crippen LogP contribution < -0.4 is 10.1 Å². The third-order valence-corrected chi connectivity index (χ3v) is 4.21. The molecule has 1 aliphatic rings. The van der Waals surface area contributed by atoms with Gasteiger partial charge in [-0.05, 0) is 24.6 Å². The molecular formula is C13H15BrF3NO2. The van der Waals surface area contributed by atoms with Crippen LogP contribution in [0.1, 0.15) is 20.3 Å². The number of nitrogens with one attached hydrogen (secondary N) is 1. The SMILES string of the molecule is CC1(C)C(O)CC1Nc1ccc(Br)cc1OC(F)(F)F. The standard InChI is InChI=1S/C13H15BrF3NO2/c1-12(2)10(6-11(12)19)18-8-4-3-7(14)5-9(8)20-13(15,16)17/h3-5,10-11,18-19H,6H2,1-2H3. The summed E-state index contributed by atoms with van der Waals surface area (Å²) in [4.78, 5) is 0. The number of ether oxygens (including phenoxy) is 1. The van der Waals surface area contributed by atoms with E-state index in [1.54, 1.807) is 6.07 Å². The van der Waals surface area contributed by atoms with Gasteiger partial charge in [0.15, 0.2) is 5.75 Å². The van der Waals surface area contributed by atoms with Gasteiger partial charge in [-0.25, -0.2) is 0 Å². The van der Waals surface area contributed by atoms with Crippen LogP contribution in [0.25, 0.3) is 0 Å². The zero-order valence-corrected chi connectivity index (χ0v) is 12.5. The minimum absolute atomic E-state index is 0.103. The molecule has 1 saturated carbocycles. The predicted octanol–water partition coefficient (Wildman–Crippen LogP) is 3.92. The van der Waals surface area contributed by atoms with Crippen LogP contribution in [0.5, 0.6) is 5.75 Å². The Labute approximate surface area is 123 Å². The van der Waals surface area contributed by atoms with Crippen LogP contribution in [0.4, 0.5) is 18.9 Å². The Balaban J connectivity index is 2.20. The van der Waals surface area contributed by atoms with E-state index >= 15 is 0 Å². The number of halogens is 4. The summed E-state index contributed by atoms with van der Waals surface area (Å²) in [5.74, 6) is -0.288. The lowest BCUT2D eigenvalue weighted by molar-refractivity contribution is -0.274. The van der Waals surface area contributed by atoms with Gasteiger partial charge >= 0.3 is 6.36 Å². The minimum atomic E-state index is -4.74. The number of rotatable bonds is 3. The third-order valence-electron chi connectivity index (χ3n) is 3.71. The molecule has 20 heavy (non-hydrogen) atoms. The van der Waals surface area contributed by atoms with Crippen molar-refractivity contribution in [3.05, 3.63) is 22.7 Å². The van der Waals surface area contributed by atoms with Crippen molar-refractivity contribution in [3.8, 4) is 5.75 Å². The van der Waals surface area contributed by atoms with E-state index in [0.717, 1.165) is 0 Å². The molecule has 0 radical (unpaired) electrons. The molecule has 0 amide bonds. The molecule has 1 aromatic rings. The van der Waals surface area contributed by atoms with Crippen LogP contribution in [0.3, 0.4) is 0 Å². The van der Waals surface area contributed by atoms with Crippen LogP contribution in [0.2, 0.25) is 0 Å². The predicted molar refractivity (Wildman–Crippen MR) is 72.6 cm³/mol. The lowest BCUT2D eigenvalue weighted by atomic mass is 9.64. The second-order valence-electron chi connectivity index (χ2n) is 5.46. The first-order valence-electron chi connectivity index (χ1n) is 6.09. The summed E-state index contributed by atoms with van der Waals surface area (Å²) in [5.41, 5.74) is -0.127. The van der Waals surface area contributed by atoms with E-state index < -0.39 is 12.5 Å². The molecule has 0 aliphatic heterocycles. The second-order valence-corrected chi connectivity index (χ2v) is 6.37. The van der Waals surface area contributed by atoms with E-state index in [1.165, 1.54) is 12.1 Å². The fraction of sp³-hybridized carbons (Fsp3) is 0.538. The molecule has 0 saturated heterocycles. The topological polar surface area (TPSA) is 41.5 Å². The monoisotopic (exact) mass is 353 g/mol. The largest absolute Gasteiger partial charge is 0.573 e. The number of benzene rings is 1. The van der Waals surface area contributed by atoms with E-state index in [-0.39, 0.29) is 22.9 Å². The molecule has 1 fully saturated rings. The van der Waals surface area contributed by atoms with Gasteiger partial charge in [-0.1, -0.05) is 29.8 Å². The number of hydrogen-bond donors (Lipinski definition) is 2. The van der Waals surface area contributed by atoms with Crippen LogP contribution in [0.15, 0.2) is 22.7 Å². The van der Waals surface area contributed by atoms with Gasteiger partial charge in [0.1, 0.15) is 0 Å². The van der Waals surface area contributed by atoms with Gasteiger partial charge < -0.3 is 15.2 Å². The molecule has 3 nitrogen and oxygen atoms in total. The Kier molecular flexibility index (Phi) is 3.94. The van der Waals surface area contributed by atoms with E-state index in [1.807, 2.05) is 13.8 Å². The average Bonchev–Trinajstić information content (AvgIpc) is 2.29. The Bertz CT molecular complexity index is 505. The van der Waals surface area contributed by atoms with E-state index in [4.69, 9.17) is 0 Å². The smallest absolute Gasteiger partial charge is 0.404 e. The summed E-state index contributed by atoms with van der Waals surface area (Å²) in [7, 11) is 0. The summed E-state index contributed by atoms with van der Waals surface area (Å²) >= 11 is 3.12. The highest BCUT2D eigenvalue weighted by atomic mass is 79.9. The molecule has 112 valence electrons. The van der Waals surface area contributed by atoms with Crippen LogP contribution in [-0.4, -0.2) is 23.6 Å². The quantitative estimate of drug-likeness (QED) is 0.865. The van der Waals surface area contributed by atoms with Crippen molar-refractivity contribution >= 4 is 21.6 Å². The highest BCUT2D eigenvalue weighted by Gasteiger charge is 2.47. The van der Waals surface area contributed by atoms with Gasteiger partial charge in [0.05, 0.1) is 11.8 Å². The van der Waals surface area contributed by atoms with Gasteiger partial charge in [-0.2, -0.15) is 0 Å². The molecule has 2 rings (SSSR count). The van der Waals surface area contributed by atoms with Crippen LogP contribution in [-0.2, 0) is 0 Å². The highest BCUT2D eigenvalue weighted by molar-refractivity contribution is 9.10. The number of anilines is 1. The summed E-state index contributed by atoms with van der Waals surface area (Å²) in [6.45, 7) is 3.73. The first-order chi connectivity index (χ1) is 9.09. The van der Waals surface area contributed by atoms with Crippen LogP contribution >= 0.6 is 15.9 Å². The second kappa shape index (κ2) is 5.11. The van der Waals surface area contributed by atoms with Crippen molar-refractivity contribution in [1.29, 1.82) is 0 Å². The maximum Gasteiger partial charge on any atom is 0.573 e. The zero-order valence-electron chi connectivity index (χ0n) is 11.0. The number of aliphatic hydroxyl groups is 1. The Morgan fingerprint density at radius 3 is 2.55 bits per heavy atom. The van der Waals surface area contributed by atoms with Gasteiger partial charge in [0.2, 0.25) is 0 Å². The van der Waals surface area contributed by atoms with Gasteiger partial charge in [-0.15, -0.1) is 13.2 Å². The fourth-order valence-corrected chi connectivity index (χ4v) is 2.50.